The fraction of sp³-hybridized carbons (Fsp3) is 0.688. The number of urea groups is 1. The fourth-order valence-electron chi connectivity index (χ4n) is 3.14. The molecule has 1 aromatic heterocycles. The zero-order valence-electron chi connectivity index (χ0n) is 13.1. The minimum atomic E-state index is 0.00844. The van der Waals surface area contributed by atoms with Gasteiger partial charge in [-0.2, -0.15) is 5.10 Å². The number of amides is 2. The topological polar surface area (TPSA) is 67.3 Å². The molecule has 1 saturated heterocycles. The van der Waals surface area contributed by atoms with Crippen LogP contribution >= 0.6 is 0 Å². The fourth-order valence-corrected chi connectivity index (χ4v) is 3.14. The number of rotatable bonds is 3. The lowest BCUT2D eigenvalue weighted by molar-refractivity contribution is 0.178. The van der Waals surface area contributed by atoms with Crippen LogP contribution in [0.15, 0.2) is 12.1 Å². The molecule has 0 bridgehead atoms. The van der Waals surface area contributed by atoms with Crippen LogP contribution in [0.1, 0.15) is 44.2 Å². The molecule has 2 amide bonds. The predicted molar refractivity (Wildman–Crippen MR) is 82.8 cm³/mol. The highest BCUT2D eigenvalue weighted by atomic mass is 16.5. The standard InChI is InChI=1S/C16H24N4O2/c1-12-7-8-15(19-18-12)22-14-9-10-20(11-14)16(21)17-13-5-3-2-4-6-13/h7-8,13-14H,2-6,9-11H2,1H3,(H,17,21). The smallest absolute Gasteiger partial charge is 0.317 e. The predicted octanol–water partition coefficient (Wildman–Crippen LogP) is 2.28. The first-order valence-corrected chi connectivity index (χ1v) is 8.23. The quantitative estimate of drug-likeness (QED) is 0.930. The normalized spacial score (nSPS) is 22.6. The van der Waals surface area contributed by atoms with Crippen LogP contribution in [-0.4, -0.2) is 46.4 Å². The zero-order valence-corrected chi connectivity index (χ0v) is 13.1. The number of hydrogen-bond donors (Lipinski definition) is 1. The van der Waals surface area contributed by atoms with Crippen molar-refractivity contribution in [3.8, 4) is 5.88 Å². The Bertz CT molecular complexity index is 499. The van der Waals surface area contributed by atoms with E-state index in [0.717, 1.165) is 31.5 Å². The van der Waals surface area contributed by atoms with E-state index in [-0.39, 0.29) is 12.1 Å². The molecular formula is C16H24N4O2. The Hall–Kier alpha value is -1.85. The molecule has 1 aliphatic carbocycles. The Morgan fingerprint density at radius 3 is 2.77 bits per heavy atom. The summed E-state index contributed by atoms with van der Waals surface area (Å²) in [5, 5.41) is 11.2. The van der Waals surface area contributed by atoms with Crippen LogP contribution in [-0.2, 0) is 0 Å². The number of ether oxygens (including phenoxy) is 1. The number of nitrogens with zero attached hydrogens (tertiary/aromatic N) is 3. The highest BCUT2D eigenvalue weighted by molar-refractivity contribution is 5.74. The van der Waals surface area contributed by atoms with Crippen molar-refractivity contribution in [2.75, 3.05) is 13.1 Å². The lowest BCUT2D eigenvalue weighted by Gasteiger charge is -2.26. The molecular weight excluding hydrogens is 280 g/mol. The van der Waals surface area contributed by atoms with Gasteiger partial charge in [0.2, 0.25) is 5.88 Å². The van der Waals surface area contributed by atoms with Crippen LogP contribution in [0.3, 0.4) is 0 Å². The summed E-state index contributed by atoms with van der Waals surface area (Å²) >= 11 is 0. The monoisotopic (exact) mass is 304 g/mol. The molecule has 0 spiro atoms. The molecule has 1 atom stereocenters. The number of hydrogen-bond acceptors (Lipinski definition) is 4. The third-order valence-electron chi connectivity index (χ3n) is 4.43. The van der Waals surface area contributed by atoms with Gasteiger partial charge in [-0.1, -0.05) is 19.3 Å². The second-order valence-corrected chi connectivity index (χ2v) is 6.27. The van der Waals surface area contributed by atoms with Gasteiger partial charge in [-0.05, 0) is 25.8 Å². The molecule has 22 heavy (non-hydrogen) atoms. The van der Waals surface area contributed by atoms with Gasteiger partial charge in [0.15, 0.2) is 0 Å². The summed E-state index contributed by atoms with van der Waals surface area (Å²) in [5.41, 5.74) is 0.868. The maximum absolute atomic E-state index is 12.3. The minimum absolute atomic E-state index is 0.00844. The molecule has 120 valence electrons. The van der Waals surface area contributed by atoms with Crippen LogP contribution in [0.25, 0.3) is 0 Å². The summed E-state index contributed by atoms with van der Waals surface area (Å²) in [6.45, 7) is 3.25. The molecule has 0 aromatic carbocycles. The molecule has 3 rings (SSSR count). The van der Waals surface area contributed by atoms with E-state index in [1.165, 1.54) is 19.3 Å². The summed E-state index contributed by atoms with van der Waals surface area (Å²) in [6, 6.07) is 4.11. The molecule has 2 fully saturated rings. The van der Waals surface area contributed by atoms with Crippen molar-refractivity contribution in [1.82, 2.24) is 20.4 Å². The summed E-state index contributed by atoms with van der Waals surface area (Å²) in [4.78, 5) is 14.1. The number of carbonyl (C=O) groups is 1. The second-order valence-electron chi connectivity index (χ2n) is 6.27. The van der Waals surface area contributed by atoms with Gasteiger partial charge in [0, 0.05) is 25.1 Å². The van der Waals surface area contributed by atoms with E-state index in [1.54, 1.807) is 0 Å². The van der Waals surface area contributed by atoms with Crippen LogP contribution in [0, 0.1) is 6.92 Å². The Morgan fingerprint density at radius 1 is 1.23 bits per heavy atom. The van der Waals surface area contributed by atoms with Gasteiger partial charge in [-0.25, -0.2) is 4.79 Å². The summed E-state index contributed by atoms with van der Waals surface area (Å²) in [5.74, 6) is 0.533. The lowest BCUT2D eigenvalue weighted by Crippen LogP contribution is -2.45. The first-order chi connectivity index (χ1) is 10.7. The van der Waals surface area contributed by atoms with Gasteiger partial charge in [0.1, 0.15) is 6.10 Å². The van der Waals surface area contributed by atoms with Gasteiger partial charge in [-0.3, -0.25) is 0 Å². The average Bonchev–Trinajstić information content (AvgIpc) is 2.99. The number of aromatic nitrogens is 2. The van der Waals surface area contributed by atoms with Gasteiger partial charge in [-0.15, -0.1) is 5.10 Å². The van der Waals surface area contributed by atoms with Gasteiger partial charge >= 0.3 is 6.03 Å². The van der Waals surface area contributed by atoms with Gasteiger partial charge < -0.3 is 15.0 Å². The van der Waals surface area contributed by atoms with E-state index < -0.39 is 0 Å². The molecule has 6 heteroatoms. The number of nitrogens with one attached hydrogen (secondary N) is 1. The average molecular weight is 304 g/mol. The van der Waals surface area contributed by atoms with E-state index in [9.17, 15) is 4.79 Å². The van der Waals surface area contributed by atoms with Crippen molar-refractivity contribution in [2.45, 2.75) is 57.6 Å². The Kier molecular flexibility index (Phi) is 4.75. The molecule has 1 unspecified atom stereocenters. The van der Waals surface area contributed by atoms with Crippen molar-refractivity contribution < 1.29 is 9.53 Å². The first-order valence-electron chi connectivity index (χ1n) is 8.23. The number of aryl methyl sites for hydroxylation is 1. The van der Waals surface area contributed by atoms with E-state index in [0.29, 0.717) is 18.5 Å². The lowest BCUT2D eigenvalue weighted by atomic mass is 9.96. The Balaban J connectivity index is 1.46. The van der Waals surface area contributed by atoms with Crippen LogP contribution in [0.2, 0.25) is 0 Å². The Labute approximate surface area is 131 Å². The second kappa shape index (κ2) is 6.94. The maximum Gasteiger partial charge on any atom is 0.317 e. The highest BCUT2D eigenvalue weighted by Gasteiger charge is 2.29. The van der Waals surface area contributed by atoms with Crippen LogP contribution < -0.4 is 10.1 Å². The summed E-state index contributed by atoms with van der Waals surface area (Å²) in [6.07, 6.45) is 6.81. The zero-order chi connectivity index (χ0) is 15.4. The molecule has 2 heterocycles. The van der Waals surface area contributed by atoms with Crippen molar-refractivity contribution in [1.29, 1.82) is 0 Å². The minimum Gasteiger partial charge on any atom is -0.471 e. The van der Waals surface area contributed by atoms with Gasteiger partial charge in [0.25, 0.3) is 0 Å². The van der Waals surface area contributed by atoms with E-state index in [2.05, 4.69) is 15.5 Å². The van der Waals surface area contributed by atoms with E-state index in [4.69, 9.17) is 4.74 Å². The molecule has 1 saturated carbocycles. The maximum atomic E-state index is 12.3. The van der Waals surface area contributed by atoms with Crippen LogP contribution in [0.5, 0.6) is 5.88 Å². The van der Waals surface area contributed by atoms with Crippen molar-refractivity contribution in [3.05, 3.63) is 17.8 Å². The van der Waals surface area contributed by atoms with Crippen molar-refractivity contribution >= 4 is 6.03 Å². The number of likely N-dealkylation sites (tertiary alicyclic amines) is 1. The third kappa shape index (κ3) is 3.87. The summed E-state index contributed by atoms with van der Waals surface area (Å²) in [7, 11) is 0. The van der Waals surface area contributed by atoms with Crippen LogP contribution in [0.4, 0.5) is 4.79 Å². The van der Waals surface area contributed by atoms with E-state index >= 15 is 0 Å². The number of carbonyl (C=O) groups excluding carboxylic acids is 1. The summed E-state index contributed by atoms with van der Waals surface area (Å²) < 4.78 is 5.81. The first kappa shape index (κ1) is 15.1. The molecule has 1 aliphatic heterocycles. The molecule has 6 nitrogen and oxygen atoms in total. The van der Waals surface area contributed by atoms with Gasteiger partial charge in [0.05, 0.1) is 12.2 Å². The largest absolute Gasteiger partial charge is 0.471 e. The van der Waals surface area contributed by atoms with E-state index in [1.807, 2.05) is 24.0 Å². The highest BCUT2D eigenvalue weighted by Crippen LogP contribution is 2.19. The molecule has 1 aromatic rings. The van der Waals surface area contributed by atoms with Crippen molar-refractivity contribution in [2.24, 2.45) is 0 Å². The van der Waals surface area contributed by atoms with Crippen molar-refractivity contribution in [3.63, 3.8) is 0 Å². The third-order valence-corrected chi connectivity index (χ3v) is 4.43. The molecule has 2 aliphatic rings. The SMILES string of the molecule is Cc1ccc(OC2CCN(C(=O)NC3CCCCC3)C2)nn1. The Morgan fingerprint density at radius 2 is 2.05 bits per heavy atom. The molecule has 1 N–H and O–H groups in total. The molecule has 0 radical (unpaired) electrons.